The van der Waals surface area contributed by atoms with E-state index in [-0.39, 0.29) is 12.5 Å². The molecule has 0 fully saturated rings. The number of hydrogen-bond donors (Lipinski definition) is 3. The molecular formula is C19H18N6O2S. The van der Waals surface area contributed by atoms with Crippen LogP contribution in [0.1, 0.15) is 5.82 Å². The fraction of sp³-hybridized carbons (Fsp3) is 0.158. The van der Waals surface area contributed by atoms with Crippen molar-refractivity contribution in [3.63, 3.8) is 0 Å². The van der Waals surface area contributed by atoms with Crippen molar-refractivity contribution in [2.75, 3.05) is 7.11 Å². The van der Waals surface area contributed by atoms with Gasteiger partial charge in [-0.1, -0.05) is 12.1 Å². The number of carbonyl (C=O) groups excluding carboxylic acids is 1. The first-order valence-corrected chi connectivity index (χ1v) is 9.05. The third kappa shape index (κ3) is 3.65. The first-order valence-electron chi connectivity index (χ1n) is 8.64. The number of amides is 1. The van der Waals surface area contributed by atoms with E-state index >= 15 is 0 Å². The minimum atomic E-state index is -0.187. The Kier molecular flexibility index (Phi) is 4.90. The van der Waals surface area contributed by atoms with Gasteiger partial charge in [0, 0.05) is 5.56 Å². The SMILES string of the molecule is COc1ccc(-c2n[nH]c(=S)n2CC(=O)NCc2nc3ccccc3[nH]2)cc1. The van der Waals surface area contributed by atoms with E-state index in [0.29, 0.717) is 23.0 Å². The number of methoxy groups -OCH3 is 1. The number of aromatic amines is 2. The fourth-order valence-corrected chi connectivity index (χ4v) is 3.09. The van der Waals surface area contributed by atoms with Crippen LogP contribution in [-0.4, -0.2) is 37.7 Å². The number of hydrogen-bond acceptors (Lipinski definition) is 5. The number of nitrogens with zero attached hydrogens (tertiary/aromatic N) is 3. The zero-order valence-electron chi connectivity index (χ0n) is 15.1. The predicted molar refractivity (Wildman–Crippen MR) is 107 cm³/mol. The van der Waals surface area contributed by atoms with Gasteiger partial charge >= 0.3 is 0 Å². The van der Waals surface area contributed by atoms with E-state index < -0.39 is 0 Å². The molecule has 2 heterocycles. The summed E-state index contributed by atoms with van der Waals surface area (Å²) < 4.78 is 7.21. The number of aromatic nitrogens is 5. The van der Waals surface area contributed by atoms with Gasteiger partial charge in [-0.05, 0) is 48.6 Å². The van der Waals surface area contributed by atoms with Gasteiger partial charge in [0.05, 0.1) is 24.7 Å². The van der Waals surface area contributed by atoms with E-state index in [1.807, 2.05) is 48.5 Å². The molecule has 4 rings (SSSR count). The Morgan fingerprint density at radius 1 is 1.21 bits per heavy atom. The van der Waals surface area contributed by atoms with E-state index in [0.717, 1.165) is 22.3 Å². The van der Waals surface area contributed by atoms with Crippen LogP contribution < -0.4 is 10.1 Å². The number of H-pyrrole nitrogens is 2. The molecule has 0 unspecified atom stereocenters. The van der Waals surface area contributed by atoms with Gasteiger partial charge in [-0.2, -0.15) is 5.10 Å². The first-order chi connectivity index (χ1) is 13.6. The van der Waals surface area contributed by atoms with Crippen LogP contribution >= 0.6 is 12.2 Å². The van der Waals surface area contributed by atoms with Gasteiger partial charge in [-0.15, -0.1) is 0 Å². The maximum Gasteiger partial charge on any atom is 0.240 e. The van der Waals surface area contributed by atoms with Crippen LogP contribution in [0.5, 0.6) is 5.75 Å². The molecule has 0 radical (unpaired) electrons. The summed E-state index contributed by atoms with van der Waals surface area (Å²) in [7, 11) is 1.61. The Hall–Kier alpha value is -3.46. The number of nitrogens with one attached hydrogen (secondary N) is 3. The second kappa shape index (κ2) is 7.65. The summed E-state index contributed by atoms with van der Waals surface area (Å²) in [5.41, 5.74) is 2.63. The standard InChI is InChI=1S/C19H18N6O2S/c1-27-13-8-6-12(7-9-13)18-23-24-19(28)25(18)11-17(26)20-10-16-21-14-4-2-3-5-15(14)22-16/h2-9H,10-11H2,1H3,(H,20,26)(H,21,22)(H,24,28). The average molecular weight is 394 g/mol. The lowest BCUT2D eigenvalue weighted by Gasteiger charge is -2.08. The Bertz CT molecular complexity index is 1140. The highest BCUT2D eigenvalue weighted by atomic mass is 32.1. The molecule has 1 amide bonds. The van der Waals surface area contributed by atoms with Crippen LogP contribution in [0.3, 0.4) is 0 Å². The van der Waals surface area contributed by atoms with Gasteiger partial charge < -0.3 is 15.0 Å². The lowest BCUT2D eigenvalue weighted by molar-refractivity contribution is -0.121. The zero-order chi connectivity index (χ0) is 19.5. The highest BCUT2D eigenvalue weighted by molar-refractivity contribution is 7.71. The number of imidazole rings is 1. The van der Waals surface area contributed by atoms with Gasteiger partial charge in [-0.25, -0.2) is 4.98 Å². The van der Waals surface area contributed by atoms with Crippen molar-refractivity contribution in [2.24, 2.45) is 0 Å². The third-order valence-electron chi connectivity index (χ3n) is 4.30. The summed E-state index contributed by atoms with van der Waals surface area (Å²) in [6.45, 7) is 0.355. The lowest BCUT2D eigenvalue weighted by atomic mass is 10.2. The molecule has 28 heavy (non-hydrogen) atoms. The Labute approximate surface area is 165 Å². The van der Waals surface area contributed by atoms with Gasteiger partial charge in [0.15, 0.2) is 10.6 Å². The van der Waals surface area contributed by atoms with Crippen LogP contribution in [0.25, 0.3) is 22.4 Å². The summed E-state index contributed by atoms with van der Waals surface area (Å²) in [6, 6.07) is 15.1. The van der Waals surface area contributed by atoms with Gasteiger partial charge in [0.2, 0.25) is 5.91 Å². The zero-order valence-corrected chi connectivity index (χ0v) is 15.9. The molecule has 2 aromatic heterocycles. The van der Waals surface area contributed by atoms with Crippen molar-refractivity contribution in [3.05, 3.63) is 59.1 Å². The molecular weight excluding hydrogens is 376 g/mol. The van der Waals surface area contributed by atoms with Crippen LogP contribution in [0.15, 0.2) is 48.5 Å². The molecule has 142 valence electrons. The Balaban J connectivity index is 1.46. The molecule has 0 bridgehead atoms. The summed E-state index contributed by atoms with van der Waals surface area (Å²) in [4.78, 5) is 20.1. The third-order valence-corrected chi connectivity index (χ3v) is 4.61. The maximum atomic E-state index is 12.5. The molecule has 0 aliphatic heterocycles. The molecule has 4 aromatic rings. The second-order valence-corrected chi connectivity index (χ2v) is 6.53. The maximum absolute atomic E-state index is 12.5. The van der Waals surface area contributed by atoms with E-state index in [2.05, 4.69) is 25.5 Å². The molecule has 9 heteroatoms. The molecule has 0 saturated carbocycles. The number of fused-ring (bicyclic) bond motifs is 1. The van der Waals surface area contributed by atoms with Crippen molar-refractivity contribution in [2.45, 2.75) is 13.1 Å². The average Bonchev–Trinajstić information content (AvgIpc) is 3.30. The minimum Gasteiger partial charge on any atom is -0.497 e. The smallest absolute Gasteiger partial charge is 0.240 e. The normalized spacial score (nSPS) is 10.9. The molecule has 0 spiro atoms. The summed E-state index contributed by atoms with van der Waals surface area (Å²) in [5, 5.41) is 9.86. The van der Waals surface area contributed by atoms with Crippen molar-refractivity contribution in [1.29, 1.82) is 0 Å². The van der Waals surface area contributed by atoms with Crippen LogP contribution in [-0.2, 0) is 17.9 Å². The molecule has 0 atom stereocenters. The largest absolute Gasteiger partial charge is 0.497 e. The summed E-state index contributed by atoms with van der Waals surface area (Å²) >= 11 is 5.28. The van der Waals surface area contributed by atoms with Crippen molar-refractivity contribution >= 4 is 29.2 Å². The second-order valence-electron chi connectivity index (χ2n) is 6.14. The van der Waals surface area contributed by atoms with Crippen molar-refractivity contribution < 1.29 is 9.53 Å². The fourth-order valence-electron chi connectivity index (χ4n) is 2.90. The Morgan fingerprint density at radius 2 is 2.00 bits per heavy atom. The molecule has 3 N–H and O–H groups in total. The van der Waals surface area contributed by atoms with Gasteiger partial charge in [0.25, 0.3) is 0 Å². The van der Waals surface area contributed by atoms with Crippen LogP contribution in [0.2, 0.25) is 0 Å². The molecule has 2 aromatic carbocycles. The topological polar surface area (TPSA) is 101 Å². The summed E-state index contributed by atoms with van der Waals surface area (Å²) in [6.07, 6.45) is 0. The monoisotopic (exact) mass is 394 g/mol. The van der Waals surface area contributed by atoms with Crippen LogP contribution in [0.4, 0.5) is 0 Å². The molecule has 0 saturated heterocycles. The number of benzene rings is 2. The number of carbonyl (C=O) groups is 1. The highest BCUT2D eigenvalue weighted by Gasteiger charge is 2.13. The first kappa shape index (κ1) is 17.9. The van der Waals surface area contributed by atoms with E-state index in [9.17, 15) is 4.79 Å². The highest BCUT2D eigenvalue weighted by Crippen LogP contribution is 2.20. The van der Waals surface area contributed by atoms with Crippen molar-refractivity contribution in [3.8, 4) is 17.1 Å². The Morgan fingerprint density at radius 3 is 2.75 bits per heavy atom. The molecule has 0 aliphatic carbocycles. The summed E-state index contributed by atoms with van der Waals surface area (Å²) in [5.74, 6) is 1.84. The number of ether oxygens (including phenoxy) is 1. The van der Waals surface area contributed by atoms with Gasteiger partial charge in [-0.3, -0.25) is 14.5 Å². The number of para-hydroxylation sites is 2. The molecule has 8 nitrogen and oxygen atoms in total. The van der Waals surface area contributed by atoms with Crippen LogP contribution in [0, 0.1) is 4.77 Å². The lowest BCUT2D eigenvalue weighted by Crippen LogP contribution is -2.27. The van der Waals surface area contributed by atoms with Crippen molar-refractivity contribution in [1.82, 2.24) is 30.0 Å². The van der Waals surface area contributed by atoms with E-state index in [1.54, 1.807) is 11.7 Å². The predicted octanol–water partition coefficient (Wildman–Crippen LogP) is 2.81. The minimum absolute atomic E-state index is 0.0525. The molecule has 0 aliphatic rings. The van der Waals surface area contributed by atoms with E-state index in [1.165, 1.54) is 0 Å². The quantitative estimate of drug-likeness (QED) is 0.437. The van der Waals surface area contributed by atoms with E-state index in [4.69, 9.17) is 17.0 Å². The number of rotatable bonds is 6. The van der Waals surface area contributed by atoms with Gasteiger partial charge in [0.1, 0.15) is 18.1 Å².